The number of nitrogens with one attached hydrogen (secondary N) is 1. The molecule has 6 nitrogen and oxygen atoms in total. The Hall–Kier alpha value is -2.44. The van der Waals surface area contributed by atoms with Crippen LogP contribution in [0.1, 0.15) is 25.8 Å². The van der Waals surface area contributed by atoms with Crippen molar-refractivity contribution in [2.45, 2.75) is 32.2 Å². The van der Waals surface area contributed by atoms with Gasteiger partial charge in [0.05, 0.1) is 12.0 Å². The van der Waals surface area contributed by atoms with Gasteiger partial charge in [-0.2, -0.15) is 0 Å². The monoisotopic (exact) mass is 361 g/mol. The molecule has 0 bridgehead atoms. The molecule has 2 saturated heterocycles. The molecule has 0 unspecified atom stereocenters. The molecular formula is C19H24FN3O3. The zero-order valence-corrected chi connectivity index (χ0v) is 15.1. The Bertz CT molecular complexity index is 721. The lowest BCUT2D eigenvalue weighted by molar-refractivity contribution is -0.133. The number of carbonyl (C=O) groups excluding carboxylic acids is 3. The van der Waals surface area contributed by atoms with E-state index in [4.69, 9.17) is 0 Å². The second kappa shape index (κ2) is 7.05. The van der Waals surface area contributed by atoms with Crippen LogP contribution in [0.15, 0.2) is 24.3 Å². The molecule has 3 amide bonds. The number of hydrogen-bond acceptors (Lipinski definition) is 3. The number of nitrogens with zero attached hydrogens (tertiary/aromatic N) is 2. The van der Waals surface area contributed by atoms with Crippen molar-refractivity contribution in [3.63, 3.8) is 0 Å². The van der Waals surface area contributed by atoms with Crippen LogP contribution in [-0.4, -0.2) is 59.2 Å². The van der Waals surface area contributed by atoms with Gasteiger partial charge in [0.15, 0.2) is 0 Å². The number of halogens is 1. The molecule has 1 N–H and O–H groups in total. The maximum atomic E-state index is 13.0. The predicted octanol–water partition coefficient (Wildman–Crippen LogP) is 0.954. The molecule has 3 rings (SSSR count). The standard InChI is InChI=1S/C19H24FN3O3/c1-13(24)21-19-7-8-22(10-16(19)11-23(12-19)14(2)25)18(26)9-15-3-5-17(20)6-4-15/h3-6,16H,7-12H2,1-2H3,(H,21,24)/t16-,19-/m1/s1. The van der Waals surface area contributed by atoms with E-state index < -0.39 is 5.54 Å². The normalized spacial score (nSPS) is 25.0. The van der Waals surface area contributed by atoms with E-state index in [9.17, 15) is 18.8 Å². The van der Waals surface area contributed by atoms with Gasteiger partial charge in [-0.15, -0.1) is 0 Å². The molecule has 0 aromatic heterocycles. The van der Waals surface area contributed by atoms with E-state index >= 15 is 0 Å². The zero-order valence-electron chi connectivity index (χ0n) is 15.1. The van der Waals surface area contributed by atoms with Crippen LogP contribution in [0.5, 0.6) is 0 Å². The first-order chi connectivity index (χ1) is 12.3. The molecule has 26 heavy (non-hydrogen) atoms. The van der Waals surface area contributed by atoms with Crippen molar-refractivity contribution in [1.82, 2.24) is 15.1 Å². The lowest BCUT2D eigenvalue weighted by Crippen LogP contribution is -2.61. The summed E-state index contributed by atoms with van der Waals surface area (Å²) in [4.78, 5) is 39.7. The van der Waals surface area contributed by atoms with Crippen LogP contribution >= 0.6 is 0 Å². The fraction of sp³-hybridized carbons (Fsp3) is 0.526. The van der Waals surface area contributed by atoms with E-state index in [0.717, 1.165) is 5.56 Å². The van der Waals surface area contributed by atoms with Gasteiger partial charge < -0.3 is 15.1 Å². The van der Waals surface area contributed by atoms with Gasteiger partial charge in [-0.05, 0) is 24.1 Å². The number of piperidine rings is 1. The Morgan fingerprint density at radius 2 is 1.81 bits per heavy atom. The maximum absolute atomic E-state index is 13.0. The fourth-order valence-corrected chi connectivity index (χ4v) is 4.09. The van der Waals surface area contributed by atoms with E-state index in [-0.39, 0.29) is 35.9 Å². The molecule has 0 aliphatic carbocycles. The molecule has 2 atom stereocenters. The first-order valence-corrected chi connectivity index (χ1v) is 8.85. The van der Waals surface area contributed by atoms with E-state index in [1.165, 1.54) is 26.0 Å². The summed E-state index contributed by atoms with van der Waals surface area (Å²) < 4.78 is 13.0. The molecule has 1 aromatic rings. The summed E-state index contributed by atoms with van der Waals surface area (Å²) in [5, 5.41) is 3.04. The summed E-state index contributed by atoms with van der Waals surface area (Å²) in [6.45, 7) is 5.07. The van der Waals surface area contributed by atoms with Crippen LogP contribution in [0, 0.1) is 11.7 Å². The number of likely N-dealkylation sites (tertiary alicyclic amines) is 2. The van der Waals surface area contributed by atoms with Gasteiger partial charge in [-0.25, -0.2) is 4.39 Å². The van der Waals surface area contributed by atoms with E-state index in [0.29, 0.717) is 32.6 Å². The Morgan fingerprint density at radius 1 is 1.15 bits per heavy atom. The molecule has 0 saturated carbocycles. The summed E-state index contributed by atoms with van der Waals surface area (Å²) in [5.41, 5.74) is 0.316. The third-order valence-corrected chi connectivity index (χ3v) is 5.46. The highest BCUT2D eigenvalue weighted by Crippen LogP contribution is 2.35. The largest absolute Gasteiger partial charge is 0.349 e. The number of benzene rings is 1. The average molecular weight is 361 g/mol. The quantitative estimate of drug-likeness (QED) is 0.872. The van der Waals surface area contributed by atoms with Crippen LogP contribution < -0.4 is 5.32 Å². The summed E-state index contributed by atoms with van der Waals surface area (Å²) >= 11 is 0. The van der Waals surface area contributed by atoms with Crippen molar-refractivity contribution in [3.05, 3.63) is 35.6 Å². The van der Waals surface area contributed by atoms with Crippen molar-refractivity contribution < 1.29 is 18.8 Å². The lowest BCUT2D eigenvalue weighted by Gasteiger charge is -2.43. The number of rotatable bonds is 3. The SMILES string of the molecule is CC(=O)N[C@@]12CCN(C(=O)Cc3ccc(F)cc3)C[C@@H]1CN(C(C)=O)C2. The molecular weight excluding hydrogens is 337 g/mol. The maximum Gasteiger partial charge on any atom is 0.227 e. The highest BCUT2D eigenvalue weighted by molar-refractivity contribution is 5.79. The Balaban J connectivity index is 1.70. The predicted molar refractivity (Wildman–Crippen MR) is 93.6 cm³/mol. The van der Waals surface area contributed by atoms with Crippen molar-refractivity contribution in [2.75, 3.05) is 26.2 Å². The molecule has 2 aliphatic heterocycles. The van der Waals surface area contributed by atoms with Crippen molar-refractivity contribution in [3.8, 4) is 0 Å². The topological polar surface area (TPSA) is 69.7 Å². The summed E-state index contributed by atoms with van der Waals surface area (Å²) in [6.07, 6.45) is 0.840. The first-order valence-electron chi connectivity index (χ1n) is 8.85. The molecule has 0 radical (unpaired) electrons. The van der Waals surface area contributed by atoms with Gasteiger partial charge in [-0.3, -0.25) is 14.4 Å². The van der Waals surface area contributed by atoms with Crippen LogP contribution in [-0.2, 0) is 20.8 Å². The molecule has 0 spiro atoms. The number of hydrogen-bond donors (Lipinski definition) is 1. The van der Waals surface area contributed by atoms with Gasteiger partial charge in [-0.1, -0.05) is 12.1 Å². The Morgan fingerprint density at radius 3 is 2.42 bits per heavy atom. The molecule has 2 aliphatic rings. The van der Waals surface area contributed by atoms with Gasteiger partial charge >= 0.3 is 0 Å². The number of amides is 3. The van der Waals surface area contributed by atoms with E-state index in [2.05, 4.69) is 5.32 Å². The van der Waals surface area contributed by atoms with Crippen LogP contribution in [0.2, 0.25) is 0 Å². The molecule has 140 valence electrons. The van der Waals surface area contributed by atoms with Crippen LogP contribution in [0.4, 0.5) is 4.39 Å². The summed E-state index contributed by atoms with van der Waals surface area (Å²) in [6, 6.07) is 5.93. The minimum Gasteiger partial charge on any atom is -0.349 e. The first kappa shape index (κ1) is 18.4. The van der Waals surface area contributed by atoms with Gasteiger partial charge in [0.2, 0.25) is 17.7 Å². The highest BCUT2D eigenvalue weighted by atomic mass is 19.1. The minimum absolute atomic E-state index is 0.0150. The third-order valence-electron chi connectivity index (χ3n) is 5.46. The molecule has 2 heterocycles. The van der Waals surface area contributed by atoms with Gasteiger partial charge in [0, 0.05) is 45.9 Å². The average Bonchev–Trinajstić information content (AvgIpc) is 2.94. The molecule has 2 fully saturated rings. The number of fused-ring (bicyclic) bond motifs is 1. The van der Waals surface area contributed by atoms with Crippen molar-refractivity contribution >= 4 is 17.7 Å². The number of carbonyl (C=O) groups is 3. The summed E-state index contributed by atoms with van der Waals surface area (Å²) in [5.74, 6) is -0.468. The highest BCUT2D eigenvalue weighted by Gasteiger charge is 2.51. The van der Waals surface area contributed by atoms with Crippen molar-refractivity contribution in [1.29, 1.82) is 0 Å². The second-order valence-electron chi connectivity index (χ2n) is 7.33. The third kappa shape index (κ3) is 3.71. The second-order valence-corrected chi connectivity index (χ2v) is 7.33. The molecule has 1 aromatic carbocycles. The Labute approximate surface area is 152 Å². The van der Waals surface area contributed by atoms with Crippen molar-refractivity contribution in [2.24, 2.45) is 5.92 Å². The zero-order chi connectivity index (χ0) is 18.9. The fourth-order valence-electron chi connectivity index (χ4n) is 4.09. The smallest absolute Gasteiger partial charge is 0.227 e. The Kier molecular flexibility index (Phi) is 4.98. The van der Waals surface area contributed by atoms with Crippen LogP contribution in [0.25, 0.3) is 0 Å². The lowest BCUT2D eigenvalue weighted by atomic mass is 9.80. The van der Waals surface area contributed by atoms with Gasteiger partial charge in [0.25, 0.3) is 0 Å². The molecule has 7 heteroatoms. The van der Waals surface area contributed by atoms with Gasteiger partial charge in [0.1, 0.15) is 5.82 Å². The van der Waals surface area contributed by atoms with E-state index in [1.54, 1.807) is 21.9 Å². The minimum atomic E-state index is -0.454. The van der Waals surface area contributed by atoms with E-state index in [1.807, 2.05) is 0 Å². The van der Waals surface area contributed by atoms with Crippen LogP contribution in [0.3, 0.4) is 0 Å². The summed E-state index contributed by atoms with van der Waals surface area (Å²) in [7, 11) is 0.